The van der Waals surface area contributed by atoms with Crippen molar-refractivity contribution in [2.75, 3.05) is 0 Å². The molecule has 5 aromatic rings. The Bertz CT molecular complexity index is 1320. The highest BCUT2D eigenvalue weighted by Crippen LogP contribution is 2.35. The minimum atomic E-state index is -0.960. The van der Waals surface area contributed by atoms with Crippen LogP contribution in [0.25, 0.3) is 0 Å². The van der Waals surface area contributed by atoms with E-state index in [1.165, 1.54) is 0 Å². The summed E-state index contributed by atoms with van der Waals surface area (Å²) < 4.78 is 0. The molecule has 5 N–H and O–H groups in total. The van der Waals surface area contributed by atoms with Crippen LogP contribution >= 0.6 is 0 Å². The first-order valence-corrected chi connectivity index (χ1v) is 11.1. The second-order valence-electron chi connectivity index (χ2n) is 8.34. The number of aromatic amines is 3. The first-order chi connectivity index (χ1) is 17.0. The molecule has 0 bridgehead atoms. The molecule has 0 saturated carbocycles. The maximum absolute atomic E-state index is 11.3. The van der Waals surface area contributed by atoms with Crippen molar-refractivity contribution in [2.24, 2.45) is 0 Å². The van der Waals surface area contributed by atoms with E-state index in [1.807, 2.05) is 73.1 Å². The van der Waals surface area contributed by atoms with Crippen LogP contribution in [0.5, 0.6) is 0 Å². The fourth-order valence-electron chi connectivity index (χ4n) is 4.50. The molecular weight excluding hydrogens is 442 g/mol. The Labute approximate surface area is 201 Å². The molecular formula is C28H23N3O4. The number of hydrogen-bond acceptors (Lipinski definition) is 2. The van der Waals surface area contributed by atoms with Crippen molar-refractivity contribution in [1.82, 2.24) is 15.0 Å². The molecule has 0 amide bonds. The zero-order valence-corrected chi connectivity index (χ0v) is 18.6. The second-order valence-corrected chi connectivity index (χ2v) is 8.34. The lowest BCUT2D eigenvalue weighted by Crippen LogP contribution is -2.08. The third-order valence-corrected chi connectivity index (χ3v) is 6.20. The molecule has 7 heteroatoms. The predicted octanol–water partition coefficient (Wildman–Crippen LogP) is 5.43. The first-order valence-electron chi connectivity index (χ1n) is 11.1. The first kappa shape index (κ1) is 22.0. The lowest BCUT2D eigenvalue weighted by molar-refractivity contribution is 0.0686. The molecule has 0 radical (unpaired) electrons. The van der Waals surface area contributed by atoms with E-state index in [0.29, 0.717) is 0 Å². The summed E-state index contributed by atoms with van der Waals surface area (Å²) in [6.07, 6.45) is 3.73. The van der Waals surface area contributed by atoms with Gasteiger partial charge in [-0.25, -0.2) is 9.59 Å². The lowest BCUT2D eigenvalue weighted by atomic mass is 9.92. The van der Waals surface area contributed by atoms with Gasteiger partial charge < -0.3 is 25.2 Å². The monoisotopic (exact) mass is 465 g/mol. The topological polar surface area (TPSA) is 122 Å². The third-order valence-electron chi connectivity index (χ3n) is 6.20. The average molecular weight is 466 g/mol. The maximum atomic E-state index is 11.3. The van der Waals surface area contributed by atoms with Crippen molar-refractivity contribution in [1.29, 1.82) is 0 Å². The number of aromatic carboxylic acids is 2. The Morgan fingerprint density at radius 2 is 0.943 bits per heavy atom. The van der Waals surface area contributed by atoms with E-state index < -0.39 is 11.9 Å². The zero-order chi connectivity index (χ0) is 24.4. The van der Waals surface area contributed by atoms with Crippen molar-refractivity contribution >= 4 is 11.9 Å². The van der Waals surface area contributed by atoms with Crippen molar-refractivity contribution in [2.45, 2.75) is 11.8 Å². The predicted molar refractivity (Wildman–Crippen MR) is 131 cm³/mol. The summed E-state index contributed by atoms with van der Waals surface area (Å²) in [6, 6.07) is 25.7. The van der Waals surface area contributed by atoms with Crippen LogP contribution in [-0.2, 0) is 0 Å². The van der Waals surface area contributed by atoms with Crippen LogP contribution in [-0.4, -0.2) is 37.1 Å². The van der Waals surface area contributed by atoms with Gasteiger partial charge in [0.25, 0.3) is 0 Å². The number of carboxylic acids is 2. The van der Waals surface area contributed by atoms with Crippen LogP contribution in [0.4, 0.5) is 0 Å². The molecule has 3 heterocycles. The van der Waals surface area contributed by atoms with E-state index >= 15 is 0 Å². The van der Waals surface area contributed by atoms with Crippen molar-refractivity contribution < 1.29 is 19.8 Å². The summed E-state index contributed by atoms with van der Waals surface area (Å²) in [5.74, 6) is -2.23. The summed E-state index contributed by atoms with van der Waals surface area (Å²) in [4.78, 5) is 32.8. The Hall–Kier alpha value is -4.78. The van der Waals surface area contributed by atoms with Gasteiger partial charge in [0.05, 0.1) is 23.0 Å². The molecule has 2 unspecified atom stereocenters. The van der Waals surface area contributed by atoms with E-state index in [-0.39, 0.29) is 23.0 Å². The van der Waals surface area contributed by atoms with Crippen LogP contribution in [0.1, 0.15) is 66.5 Å². The van der Waals surface area contributed by atoms with E-state index in [1.54, 1.807) is 24.3 Å². The highest BCUT2D eigenvalue weighted by atomic mass is 16.4. The van der Waals surface area contributed by atoms with Crippen LogP contribution in [0.15, 0.2) is 97.3 Å². The van der Waals surface area contributed by atoms with Gasteiger partial charge in [-0.15, -0.1) is 0 Å². The highest BCUT2D eigenvalue weighted by molar-refractivity contribution is 5.88. The summed E-state index contributed by atoms with van der Waals surface area (Å²) in [5, 5.41) is 18.6. The van der Waals surface area contributed by atoms with E-state index in [9.17, 15) is 19.8 Å². The molecule has 2 aromatic carbocycles. The largest absolute Gasteiger partial charge is 0.478 e. The van der Waals surface area contributed by atoms with Crippen LogP contribution < -0.4 is 0 Å². The molecule has 3 aromatic heterocycles. The van der Waals surface area contributed by atoms with E-state index in [0.717, 1.165) is 33.9 Å². The highest BCUT2D eigenvalue weighted by Gasteiger charge is 2.24. The number of aromatic nitrogens is 3. The van der Waals surface area contributed by atoms with Crippen LogP contribution in [0.3, 0.4) is 0 Å². The van der Waals surface area contributed by atoms with Gasteiger partial charge in [-0.3, -0.25) is 0 Å². The van der Waals surface area contributed by atoms with Gasteiger partial charge in [-0.2, -0.15) is 0 Å². The molecule has 0 aliphatic carbocycles. The van der Waals surface area contributed by atoms with Gasteiger partial charge in [0, 0.05) is 35.2 Å². The Kier molecular flexibility index (Phi) is 5.81. The third kappa shape index (κ3) is 4.39. The molecule has 0 aliphatic heterocycles. The van der Waals surface area contributed by atoms with Gasteiger partial charge in [0.15, 0.2) is 0 Å². The number of benzene rings is 2. The van der Waals surface area contributed by atoms with Crippen molar-refractivity contribution in [3.8, 4) is 0 Å². The van der Waals surface area contributed by atoms with Gasteiger partial charge >= 0.3 is 11.9 Å². The average Bonchev–Trinajstić information content (AvgIpc) is 3.65. The SMILES string of the molecule is O=C(O)c1ccc(C(c2ccc[nH]2)c2ccc(C(c3ccc(C(=O)O)cc3)c3ccc[nH]3)[nH]2)cc1. The molecule has 0 aliphatic rings. The van der Waals surface area contributed by atoms with E-state index in [4.69, 9.17) is 0 Å². The number of H-pyrrole nitrogens is 3. The summed E-state index contributed by atoms with van der Waals surface area (Å²) in [6.45, 7) is 0. The molecule has 7 nitrogen and oxygen atoms in total. The lowest BCUT2D eigenvalue weighted by Gasteiger charge is -2.18. The quantitative estimate of drug-likeness (QED) is 0.210. The van der Waals surface area contributed by atoms with Gasteiger partial charge in [0.2, 0.25) is 0 Å². The smallest absolute Gasteiger partial charge is 0.335 e. The van der Waals surface area contributed by atoms with Gasteiger partial charge in [-0.1, -0.05) is 24.3 Å². The number of hydrogen-bond donors (Lipinski definition) is 5. The Balaban J connectivity index is 1.56. The molecule has 5 rings (SSSR count). The minimum Gasteiger partial charge on any atom is -0.478 e. The van der Waals surface area contributed by atoms with Gasteiger partial charge in [-0.05, 0) is 71.8 Å². The number of carboxylic acid groups (broad SMARTS) is 2. The number of carbonyl (C=O) groups is 2. The fourth-order valence-corrected chi connectivity index (χ4v) is 4.50. The number of rotatable bonds is 8. The molecule has 0 spiro atoms. The van der Waals surface area contributed by atoms with E-state index in [2.05, 4.69) is 15.0 Å². The Morgan fingerprint density at radius 1 is 0.543 bits per heavy atom. The zero-order valence-electron chi connectivity index (χ0n) is 18.6. The molecule has 35 heavy (non-hydrogen) atoms. The van der Waals surface area contributed by atoms with Gasteiger partial charge in [0.1, 0.15) is 0 Å². The van der Waals surface area contributed by atoms with Crippen LogP contribution in [0.2, 0.25) is 0 Å². The summed E-state index contributed by atoms with van der Waals surface area (Å²) in [5.41, 5.74) is 6.23. The standard InChI is InChI=1S/C28H23N3O4/c32-27(33)19-9-5-17(6-10-19)25(21-3-1-15-29-21)23-13-14-24(31-23)26(22-4-2-16-30-22)18-7-11-20(12-8-18)28(34)35/h1-16,25-26,29-31H,(H,32,33)(H,34,35). The minimum absolute atomic E-state index is 0.153. The maximum Gasteiger partial charge on any atom is 0.335 e. The number of nitrogens with one attached hydrogen (secondary N) is 3. The van der Waals surface area contributed by atoms with Crippen molar-refractivity contribution in [3.63, 3.8) is 0 Å². The summed E-state index contributed by atoms with van der Waals surface area (Å²) in [7, 11) is 0. The molecule has 0 fully saturated rings. The fraction of sp³-hybridized carbons (Fsp3) is 0.0714. The Morgan fingerprint density at radius 3 is 1.26 bits per heavy atom. The molecule has 0 saturated heterocycles. The molecule has 2 atom stereocenters. The normalized spacial score (nSPS) is 12.8. The summed E-state index contributed by atoms with van der Waals surface area (Å²) >= 11 is 0. The van der Waals surface area contributed by atoms with Crippen molar-refractivity contribution in [3.05, 3.63) is 142 Å². The molecule has 174 valence electrons. The van der Waals surface area contributed by atoms with Crippen LogP contribution in [0, 0.1) is 0 Å². The second kappa shape index (κ2) is 9.23.